The lowest BCUT2D eigenvalue weighted by molar-refractivity contribution is -0.385. The van der Waals surface area contributed by atoms with Gasteiger partial charge in [0, 0.05) is 13.1 Å². The van der Waals surface area contributed by atoms with Crippen LogP contribution in [0.3, 0.4) is 0 Å². The summed E-state index contributed by atoms with van der Waals surface area (Å²) in [4.78, 5) is 23.2. The zero-order valence-electron chi connectivity index (χ0n) is 9.80. The number of rotatable bonds is 5. The number of halogens is 1. The van der Waals surface area contributed by atoms with Gasteiger partial charge in [-0.1, -0.05) is 0 Å². The molecule has 1 aromatic rings. The van der Waals surface area contributed by atoms with E-state index < -0.39 is 22.3 Å². The second-order valence-electron chi connectivity index (χ2n) is 3.53. The van der Waals surface area contributed by atoms with E-state index in [-0.39, 0.29) is 18.7 Å². The van der Waals surface area contributed by atoms with Crippen LogP contribution in [-0.4, -0.2) is 40.5 Å². The molecule has 18 heavy (non-hydrogen) atoms. The highest BCUT2D eigenvalue weighted by Gasteiger charge is 2.24. The van der Waals surface area contributed by atoms with E-state index in [1.165, 1.54) is 4.90 Å². The van der Waals surface area contributed by atoms with Crippen molar-refractivity contribution in [1.29, 1.82) is 0 Å². The number of likely N-dealkylation sites (N-methyl/N-ethyl adjacent to an activating group) is 1. The van der Waals surface area contributed by atoms with Gasteiger partial charge in [0.1, 0.15) is 11.4 Å². The lowest BCUT2D eigenvalue weighted by atomic mass is 10.1. The summed E-state index contributed by atoms with van der Waals surface area (Å²) in [6.45, 7) is 1.81. The van der Waals surface area contributed by atoms with Gasteiger partial charge in [-0.15, -0.1) is 0 Å². The zero-order valence-corrected chi connectivity index (χ0v) is 9.80. The molecule has 0 spiro atoms. The van der Waals surface area contributed by atoms with Gasteiger partial charge >= 0.3 is 0 Å². The van der Waals surface area contributed by atoms with Crippen molar-refractivity contribution in [1.82, 2.24) is 4.90 Å². The average Bonchev–Trinajstić information content (AvgIpc) is 2.35. The Bertz CT molecular complexity index is 464. The SMILES string of the molecule is CCN(CCO)C(=O)c1ccc(F)cc1[N+](=O)[O-]. The highest BCUT2D eigenvalue weighted by molar-refractivity contribution is 5.98. The summed E-state index contributed by atoms with van der Waals surface area (Å²) in [7, 11) is 0. The molecule has 0 saturated carbocycles. The van der Waals surface area contributed by atoms with E-state index in [9.17, 15) is 19.3 Å². The molecule has 1 aromatic carbocycles. The van der Waals surface area contributed by atoms with Gasteiger partial charge in [-0.25, -0.2) is 4.39 Å². The summed E-state index contributed by atoms with van der Waals surface area (Å²) in [5.41, 5.74) is -0.756. The van der Waals surface area contributed by atoms with E-state index in [0.717, 1.165) is 12.1 Å². The largest absolute Gasteiger partial charge is 0.395 e. The van der Waals surface area contributed by atoms with Crippen molar-refractivity contribution in [2.45, 2.75) is 6.92 Å². The third-order valence-electron chi connectivity index (χ3n) is 2.43. The van der Waals surface area contributed by atoms with Crippen LogP contribution in [0.5, 0.6) is 0 Å². The van der Waals surface area contributed by atoms with E-state index in [4.69, 9.17) is 5.11 Å². The van der Waals surface area contributed by atoms with Crippen molar-refractivity contribution < 1.29 is 19.2 Å². The molecular weight excluding hydrogens is 243 g/mol. The minimum Gasteiger partial charge on any atom is -0.395 e. The summed E-state index contributed by atoms with van der Waals surface area (Å²) in [5, 5.41) is 19.6. The minimum absolute atomic E-state index is 0.0733. The Labute approximate surface area is 103 Å². The number of hydrogen-bond acceptors (Lipinski definition) is 4. The Hall–Kier alpha value is -2.02. The molecule has 1 N–H and O–H groups in total. The molecular formula is C11H13FN2O4. The van der Waals surface area contributed by atoms with Crippen LogP contribution in [0.15, 0.2) is 18.2 Å². The smallest absolute Gasteiger partial charge is 0.285 e. The van der Waals surface area contributed by atoms with Crippen LogP contribution in [0, 0.1) is 15.9 Å². The highest BCUT2D eigenvalue weighted by atomic mass is 19.1. The number of nitro benzene ring substituents is 1. The minimum atomic E-state index is -0.802. The number of nitro groups is 1. The number of hydrogen-bond donors (Lipinski definition) is 1. The maximum atomic E-state index is 12.9. The summed E-state index contributed by atoms with van der Waals surface area (Å²) in [6.07, 6.45) is 0. The van der Waals surface area contributed by atoms with Crippen LogP contribution in [0.2, 0.25) is 0 Å². The molecule has 0 fully saturated rings. The molecule has 0 radical (unpaired) electrons. The van der Waals surface area contributed by atoms with Gasteiger partial charge in [0.2, 0.25) is 0 Å². The van der Waals surface area contributed by atoms with Gasteiger partial charge in [-0.3, -0.25) is 14.9 Å². The Morgan fingerprint density at radius 3 is 2.72 bits per heavy atom. The fourth-order valence-corrected chi connectivity index (χ4v) is 1.53. The molecule has 1 amide bonds. The van der Waals surface area contributed by atoms with Gasteiger partial charge in [0.05, 0.1) is 17.6 Å². The number of carbonyl (C=O) groups is 1. The highest BCUT2D eigenvalue weighted by Crippen LogP contribution is 2.21. The van der Waals surface area contributed by atoms with Crippen molar-refractivity contribution in [3.63, 3.8) is 0 Å². The third kappa shape index (κ3) is 3.01. The van der Waals surface area contributed by atoms with Gasteiger partial charge < -0.3 is 10.0 Å². The van der Waals surface area contributed by atoms with E-state index in [2.05, 4.69) is 0 Å². The number of aliphatic hydroxyl groups excluding tert-OH is 1. The fraction of sp³-hybridized carbons (Fsp3) is 0.364. The quantitative estimate of drug-likeness (QED) is 0.633. The molecule has 0 atom stereocenters. The first-order valence-corrected chi connectivity index (χ1v) is 5.35. The molecule has 0 bridgehead atoms. The third-order valence-corrected chi connectivity index (χ3v) is 2.43. The van der Waals surface area contributed by atoms with Gasteiger partial charge in [-0.05, 0) is 19.1 Å². The lowest BCUT2D eigenvalue weighted by Crippen LogP contribution is -2.33. The van der Waals surface area contributed by atoms with Crippen molar-refractivity contribution in [2.24, 2.45) is 0 Å². The second kappa shape index (κ2) is 6.06. The predicted octanol–water partition coefficient (Wildman–Crippen LogP) is 1.19. The van der Waals surface area contributed by atoms with E-state index in [0.29, 0.717) is 12.6 Å². The molecule has 0 aliphatic heterocycles. The summed E-state index contributed by atoms with van der Waals surface area (Å²) in [6, 6.07) is 2.78. The van der Waals surface area contributed by atoms with Crippen LogP contribution in [-0.2, 0) is 0 Å². The van der Waals surface area contributed by atoms with Gasteiger partial charge in [0.25, 0.3) is 11.6 Å². The van der Waals surface area contributed by atoms with Crippen LogP contribution in [0.1, 0.15) is 17.3 Å². The lowest BCUT2D eigenvalue weighted by Gasteiger charge is -2.19. The fourth-order valence-electron chi connectivity index (χ4n) is 1.53. The molecule has 6 nitrogen and oxygen atoms in total. The molecule has 0 aromatic heterocycles. The molecule has 1 rings (SSSR count). The van der Waals surface area contributed by atoms with Crippen LogP contribution in [0.4, 0.5) is 10.1 Å². The number of benzene rings is 1. The van der Waals surface area contributed by atoms with E-state index in [1.54, 1.807) is 6.92 Å². The first-order chi connectivity index (χ1) is 8.51. The molecule has 7 heteroatoms. The Morgan fingerprint density at radius 2 is 2.22 bits per heavy atom. The van der Waals surface area contributed by atoms with Crippen LogP contribution < -0.4 is 0 Å². The first-order valence-electron chi connectivity index (χ1n) is 5.35. The standard InChI is InChI=1S/C11H13FN2O4/c1-2-13(5-6-15)11(16)9-4-3-8(12)7-10(9)14(17)18/h3-4,7,15H,2,5-6H2,1H3. The van der Waals surface area contributed by atoms with E-state index in [1.807, 2.05) is 0 Å². The second-order valence-corrected chi connectivity index (χ2v) is 3.53. The first kappa shape index (κ1) is 14.0. The topological polar surface area (TPSA) is 83.7 Å². The van der Waals surface area contributed by atoms with Gasteiger partial charge in [0.15, 0.2) is 0 Å². The van der Waals surface area contributed by atoms with Crippen molar-refractivity contribution in [3.8, 4) is 0 Å². The number of carbonyl (C=O) groups excluding carboxylic acids is 1. The Morgan fingerprint density at radius 1 is 1.56 bits per heavy atom. The Kier molecular flexibility index (Phi) is 4.73. The van der Waals surface area contributed by atoms with Crippen molar-refractivity contribution >= 4 is 11.6 Å². The van der Waals surface area contributed by atoms with Crippen LogP contribution >= 0.6 is 0 Å². The van der Waals surface area contributed by atoms with Crippen molar-refractivity contribution in [3.05, 3.63) is 39.7 Å². The monoisotopic (exact) mass is 256 g/mol. The maximum absolute atomic E-state index is 12.9. The predicted molar refractivity (Wildman–Crippen MR) is 61.7 cm³/mol. The number of aliphatic hydroxyl groups is 1. The zero-order chi connectivity index (χ0) is 13.7. The molecule has 0 aliphatic rings. The molecule has 0 aliphatic carbocycles. The molecule has 0 saturated heterocycles. The summed E-state index contributed by atoms with van der Waals surface area (Å²) < 4.78 is 12.9. The summed E-state index contributed by atoms with van der Waals surface area (Å²) in [5.74, 6) is -1.37. The van der Waals surface area contributed by atoms with E-state index >= 15 is 0 Å². The Balaban J connectivity index is 3.15. The van der Waals surface area contributed by atoms with Crippen molar-refractivity contribution in [2.75, 3.05) is 19.7 Å². The average molecular weight is 256 g/mol. The maximum Gasteiger partial charge on any atom is 0.285 e. The molecule has 0 heterocycles. The molecule has 98 valence electrons. The summed E-state index contributed by atoms with van der Waals surface area (Å²) >= 11 is 0. The number of amides is 1. The van der Waals surface area contributed by atoms with Gasteiger partial charge in [-0.2, -0.15) is 0 Å². The molecule has 0 unspecified atom stereocenters. The van der Waals surface area contributed by atoms with Crippen LogP contribution in [0.25, 0.3) is 0 Å². The normalized spacial score (nSPS) is 10.2. The number of nitrogens with zero attached hydrogens (tertiary/aromatic N) is 2.